The van der Waals surface area contributed by atoms with E-state index in [-0.39, 0.29) is 6.42 Å². The van der Waals surface area contributed by atoms with Crippen LogP contribution in [0.15, 0.2) is 42.5 Å². The normalized spacial score (nSPS) is 9.69. The van der Waals surface area contributed by atoms with Crippen LogP contribution in [-0.4, -0.2) is 4.99 Å². The van der Waals surface area contributed by atoms with Crippen LogP contribution in [0.1, 0.15) is 6.42 Å². The Labute approximate surface area is 99.5 Å². The van der Waals surface area contributed by atoms with Crippen LogP contribution in [0.25, 0.3) is 10.8 Å². The molecule has 0 atom stereocenters. The lowest BCUT2D eigenvalue weighted by Gasteiger charge is -2.08. The fraction of sp³-hybridized carbons (Fsp3) is 0.0769. The number of nitriles is 1. The van der Waals surface area contributed by atoms with Gasteiger partial charge in [-0.3, -0.25) is 0 Å². The van der Waals surface area contributed by atoms with Crippen molar-refractivity contribution in [1.82, 2.24) is 0 Å². The van der Waals surface area contributed by atoms with Crippen molar-refractivity contribution >= 4 is 33.7 Å². The third-order valence-electron chi connectivity index (χ3n) is 2.30. The zero-order chi connectivity index (χ0) is 11.4. The van der Waals surface area contributed by atoms with E-state index in [0.29, 0.717) is 4.99 Å². The van der Waals surface area contributed by atoms with Gasteiger partial charge in [0.05, 0.1) is 17.5 Å². The molecule has 78 valence electrons. The van der Waals surface area contributed by atoms with E-state index in [1.165, 1.54) is 0 Å². The van der Waals surface area contributed by atoms with Gasteiger partial charge in [0, 0.05) is 11.1 Å². The van der Waals surface area contributed by atoms with Gasteiger partial charge in [0.2, 0.25) is 0 Å². The van der Waals surface area contributed by atoms with E-state index in [9.17, 15) is 0 Å². The van der Waals surface area contributed by atoms with E-state index >= 15 is 0 Å². The third-order valence-corrected chi connectivity index (χ3v) is 2.55. The first-order valence-electron chi connectivity index (χ1n) is 4.96. The van der Waals surface area contributed by atoms with E-state index < -0.39 is 0 Å². The second-order valence-electron chi connectivity index (χ2n) is 3.41. The quantitative estimate of drug-likeness (QED) is 0.796. The molecule has 0 amide bonds. The molecule has 2 aromatic carbocycles. The minimum absolute atomic E-state index is 0.249. The molecule has 0 fully saturated rings. The van der Waals surface area contributed by atoms with Gasteiger partial charge in [-0.15, -0.1) is 0 Å². The largest absolute Gasteiger partial charge is 0.349 e. The van der Waals surface area contributed by atoms with Crippen molar-refractivity contribution in [2.45, 2.75) is 6.42 Å². The Bertz CT molecular complexity index is 564. The lowest BCUT2D eigenvalue weighted by molar-refractivity contribution is 1.41. The maximum absolute atomic E-state index is 8.55. The highest BCUT2D eigenvalue weighted by Crippen LogP contribution is 2.23. The van der Waals surface area contributed by atoms with E-state index in [0.717, 1.165) is 16.5 Å². The summed E-state index contributed by atoms with van der Waals surface area (Å²) in [6.07, 6.45) is 0.249. The van der Waals surface area contributed by atoms with Crippen molar-refractivity contribution in [2.75, 3.05) is 5.32 Å². The number of fused-ring (bicyclic) bond motifs is 1. The number of hydrogen-bond donors (Lipinski definition) is 1. The summed E-state index contributed by atoms with van der Waals surface area (Å²) in [5.41, 5.74) is 0.957. The van der Waals surface area contributed by atoms with Crippen LogP contribution in [0.2, 0.25) is 0 Å². The molecule has 0 unspecified atom stereocenters. The fourth-order valence-electron chi connectivity index (χ4n) is 1.60. The first-order valence-corrected chi connectivity index (χ1v) is 5.36. The number of nitrogens with one attached hydrogen (secondary N) is 1. The Morgan fingerprint density at radius 3 is 2.75 bits per heavy atom. The molecular formula is C13H10N2S. The van der Waals surface area contributed by atoms with Gasteiger partial charge < -0.3 is 5.32 Å². The van der Waals surface area contributed by atoms with Gasteiger partial charge in [-0.25, -0.2) is 0 Å². The van der Waals surface area contributed by atoms with Gasteiger partial charge in [0.1, 0.15) is 0 Å². The predicted octanol–water partition coefficient (Wildman–Crippen LogP) is 3.49. The average molecular weight is 226 g/mol. The molecule has 1 N–H and O–H groups in total. The van der Waals surface area contributed by atoms with Crippen molar-refractivity contribution < 1.29 is 0 Å². The molecule has 3 heteroatoms. The Hall–Kier alpha value is -1.92. The van der Waals surface area contributed by atoms with E-state index in [1.807, 2.05) is 48.5 Å². The molecule has 0 spiro atoms. The summed E-state index contributed by atoms with van der Waals surface area (Å²) in [7, 11) is 0. The molecule has 16 heavy (non-hydrogen) atoms. The van der Waals surface area contributed by atoms with Gasteiger partial charge in [0.15, 0.2) is 0 Å². The summed E-state index contributed by atoms with van der Waals surface area (Å²) in [5, 5.41) is 13.9. The summed E-state index contributed by atoms with van der Waals surface area (Å²) in [6, 6.07) is 16.1. The maximum Gasteiger partial charge on any atom is 0.0940 e. The van der Waals surface area contributed by atoms with Gasteiger partial charge in [-0.05, 0) is 11.5 Å². The van der Waals surface area contributed by atoms with Gasteiger partial charge in [-0.2, -0.15) is 5.26 Å². The highest BCUT2D eigenvalue weighted by atomic mass is 32.1. The van der Waals surface area contributed by atoms with Crippen LogP contribution in [0.5, 0.6) is 0 Å². The minimum Gasteiger partial charge on any atom is -0.349 e. The Morgan fingerprint density at radius 1 is 1.19 bits per heavy atom. The molecule has 2 rings (SSSR count). The lowest BCUT2D eigenvalue weighted by atomic mass is 10.1. The van der Waals surface area contributed by atoms with Crippen molar-refractivity contribution in [2.24, 2.45) is 0 Å². The summed E-state index contributed by atoms with van der Waals surface area (Å²) < 4.78 is 0. The molecule has 0 aliphatic rings. The van der Waals surface area contributed by atoms with E-state index in [1.54, 1.807) is 0 Å². The highest BCUT2D eigenvalue weighted by Gasteiger charge is 2.01. The number of benzene rings is 2. The summed E-state index contributed by atoms with van der Waals surface area (Å²) in [4.78, 5) is 0.554. The predicted molar refractivity (Wildman–Crippen MR) is 70.4 cm³/mol. The monoisotopic (exact) mass is 226 g/mol. The summed E-state index contributed by atoms with van der Waals surface area (Å²) in [6.45, 7) is 0. The zero-order valence-electron chi connectivity index (χ0n) is 8.60. The third kappa shape index (κ3) is 2.18. The van der Waals surface area contributed by atoms with Gasteiger partial charge in [-0.1, -0.05) is 48.6 Å². The molecule has 0 aliphatic carbocycles. The molecule has 0 bridgehead atoms. The second-order valence-corrected chi connectivity index (χ2v) is 3.90. The number of anilines is 1. The van der Waals surface area contributed by atoms with Crippen LogP contribution in [0, 0.1) is 11.3 Å². The molecule has 0 aromatic heterocycles. The van der Waals surface area contributed by atoms with Crippen molar-refractivity contribution in [3.8, 4) is 6.07 Å². The smallest absolute Gasteiger partial charge is 0.0940 e. The molecule has 0 saturated carbocycles. The topological polar surface area (TPSA) is 35.8 Å². The molecule has 0 heterocycles. The van der Waals surface area contributed by atoms with Crippen LogP contribution in [0.4, 0.5) is 5.69 Å². The second kappa shape index (κ2) is 4.73. The summed E-state index contributed by atoms with van der Waals surface area (Å²) in [5.74, 6) is 0. The van der Waals surface area contributed by atoms with Crippen LogP contribution in [0.3, 0.4) is 0 Å². The van der Waals surface area contributed by atoms with Gasteiger partial charge >= 0.3 is 0 Å². The fourth-order valence-corrected chi connectivity index (χ4v) is 1.78. The number of hydrogen-bond acceptors (Lipinski definition) is 2. The molecule has 2 nitrogen and oxygen atoms in total. The number of nitrogens with zero attached hydrogens (tertiary/aromatic N) is 1. The molecule has 2 aromatic rings. The molecular weight excluding hydrogens is 216 g/mol. The zero-order valence-corrected chi connectivity index (χ0v) is 9.42. The van der Waals surface area contributed by atoms with Crippen molar-refractivity contribution in [1.29, 1.82) is 5.26 Å². The highest BCUT2D eigenvalue weighted by molar-refractivity contribution is 7.80. The maximum atomic E-state index is 8.55. The van der Waals surface area contributed by atoms with Gasteiger partial charge in [0.25, 0.3) is 0 Å². The van der Waals surface area contributed by atoms with Crippen LogP contribution >= 0.6 is 12.2 Å². The van der Waals surface area contributed by atoms with E-state index in [2.05, 4.69) is 5.32 Å². The summed E-state index contributed by atoms with van der Waals surface area (Å²) >= 11 is 5.06. The van der Waals surface area contributed by atoms with Crippen molar-refractivity contribution in [3.63, 3.8) is 0 Å². The lowest BCUT2D eigenvalue weighted by Crippen LogP contribution is -2.07. The Balaban J connectivity index is 2.38. The Morgan fingerprint density at radius 2 is 1.94 bits per heavy atom. The first kappa shape index (κ1) is 10.6. The minimum atomic E-state index is 0.249. The molecule has 0 radical (unpaired) electrons. The molecule has 0 aliphatic heterocycles. The average Bonchev–Trinajstić information content (AvgIpc) is 2.30. The molecule has 0 saturated heterocycles. The standard InChI is InChI=1S/C13H10N2S/c14-9-8-13(16)15-12-7-3-5-10-4-1-2-6-11(10)12/h1-7H,8H2,(H,15,16). The van der Waals surface area contributed by atoms with Crippen molar-refractivity contribution in [3.05, 3.63) is 42.5 Å². The first-order chi connectivity index (χ1) is 7.81. The Kier molecular flexibility index (Phi) is 3.13. The number of rotatable bonds is 2. The van der Waals surface area contributed by atoms with Crippen LogP contribution in [-0.2, 0) is 0 Å². The SMILES string of the molecule is N#CCC(=S)Nc1cccc2ccccc12. The van der Waals surface area contributed by atoms with Crippen LogP contribution < -0.4 is 5.32 Å². The number of thiocarbonyl (C=S) groups is 1. The van der Waals surface area contributed by atoms with E-state index in [4.69, 9.17) is 17.5 Å².